The van der Waals surface area contributed by atoms with E-state index < -0.39 is 79.8 Å². The molecule has 0 radical (unpaired) electrons. The minimum absolute atomic E-state index is 0.0475. The first-order chi connectivity index (χ1) is 28.7. The lowest BCUT2D eigenvalue weighted by atomic mass is 10.0. The number of carbonyl (C=O) groups excluding carboxylic acids is 6. The largest absolute Gasteiger partial charge is 0.469 e. The van der Waals surface area contributed by atoms with Crippen molar-refractivity contribution in [3.63, 3.8) is 0 Å². The molecule has 1 aliphatic rings. The minimum Gasteiger partial charge on any atom is -0.378 e. The number of benzene rings is 1. The number of likely N-dealkylation sites (tertiary alicyclic amines) is 1. The monoisotopic (exact) mass is 878 g/mol. The summed E-state index contributed by atoms with van der Waals surface area (Å²) in [4.78, 5) is 107. The van der Waals surface area contributed by atoms with Crippen LogP contribution in [0.15, 0.2) is 42.9 Å². The molecule has 21 heteroatoms. The molecule has 0 spiro atoms. The fourth-order valence-corrected chi connectivity index (χ4v) is 7.27. The van der Waals surface area contributed by atoms with E-state index in [-0.39, 0.29) is 56.8 Å². The molecule has 2 heterocycles. The zero-order chi connectivity index (χ0) is 45.3. The molecule has 20 nitrogen and oxygen atoms in total. The van der Waals surface area contributed by atoms with Gasteiger partial charge in [-0.1, -0.05) is 44.2 Å². The number of rotatable bonds is 26. The molecule has 340 valence electrons. The lowest BCUT2D eigenvalue weighted by Crippen LogP contribution is -2.59. The van der Waals surface area contributed by atoms with Crippen LogP contribution in [0.3, 0.4) is 0 Å². The first-order valence-corrected chi connectivity index (χ1v) is 22.1. The fourth-order valence-electron chi connectivity index (χ4n) is 6.72. The highest BCUT2D eigenvalue weighted by Crippen LogP contribution is 2.38. The summed E-state index contributed by atoms with van der Waals surface area (Å²) in [5.41, 5.74) is 7.01. The zero-order valence-electron chi connectivity index (χ0n) is 35.7. The fraction of sp³-hybridized carbons (Fsp3) is 0.625. The summed E-state index contributed by atoms with van der Waals surface area (Å²) in [6.45, 7) is 10.6. The van der Waals surface area contributed by atoms with Crippen LogP contribution in [0.1, 0.15) is 84.9 Å². The molecule has 1 aliphatic heterocycles. The highest BCUT2D eigenvalue weighted by atomic mass is 31.2. The summed E-state index contributed by atoms with van der Waals surface area (Å²) < 4.78 is 27.6. The van der Waals surface area contributed by atoms with Gasteiger partial charge in [-0.25, -0.2) is 9.55 Å². The summed E-state index contributed by atoms with van der Waals surface area (Å²) in [5, 5.41) is 10.2. The second-order valence-electron chi connectivity index (χ2n) is 15.9. The molecule has 3 rings (SSSR count). The molecule has 0 saturated carbocycles. The number of nitrogens with zero attached hydrogens (tertiary/aromatic N) is 2. The number of aryl methyl sites for hydroxylation is 1. The Labute approximate surface area is 356 Å². The average molecular weight is 879 g/mol. The van der Waals surface area contributed by atoms with Crippen molar-refractivity contribution in [2.24, 2.45) is 11.7 Å². The van der Waals surface area contributed by atoms with Crippen LogP contribution in [0.2, 0.25) is 0 Å². The van der Waals surface area contributed by atoms with Crippen molar-refractivity contribution >= 4 is 43.3 Å². The number of primary amides is 1. The topological polar surface area (TPSA) is 294 Å². The van der Waals surface area contributed by atoms with Gasteiger partial charge in [-0.3, -0.25) is 33.3 Å². The van der Waals surface area contributed by atoms with Crippen molar-refractivity contribution in [1.82, 2.24) is 36.1 Å². The number of phosphoric ester groups is 1. The van der Waals surface area contributed by atoms with Crippen molar-refractivity contribution in [2.45, 2.75) is 135 Å². The molecular weight excluding hydrogens is 815 g/mol. The van der Waals surface area contributed by atoms with Gasteiger partial charge >= 0.3 is 7.82 Å². The number of nitrogens with one attached hydrogen (secondary N) is 5. The predicted octanol–water partition coefficient (Wildman–Crippen LogP) is 0.765. The van der Waals surface area contributed by atoms with Gasteiger partial charge in [0.05, 0.1) is 37.7 Å². The molecule has 2 aromatic rings. The quantitative estimate of drug-likeness (QED) is 0.0479. The summed E-state index contributed by atoms with van der Waals surface area (Å²) in [7, 11) is -5.06. The maximum Gasteiger partial charge on any atom is 0.469 e. The van der Waals surface area contributed by atoms with Gasteiger partial charge in [0.1, 0.15) is 30.2 Å². The maximum atomic E-state index is 14.1. The van der Waals surface area contributed by atoms with E-state index in [4.69, 9.17) is 25.0 Å². The van der Waals surface area contributed by atoms with Gasteiger partial charge in [0.2, 0.25) is 35.4 Å². The van der Waals surface area contributed by atoms with E-state index >= 15 is 0 Å². The Morgan fingerprint density at radius 2 is 1.61 bits per heavy atom. The maximum absolute atomic E-state index is 14.1. The Morgan fingerprint density at radius 1 is 0.918 bits per heavy atom. The lowest BCUT2D eigenvalue weighted by molar-refractivity contribution is -0.140. The molecule has 1 aromatic carbocycles. The molecule has 6 amide bonds. The van der Waals surface area contributed by atoms with Gasteiger partial charge in [0.25, 0.3) is 0 Å². The van der Waals surface area contributed by atoms with Crippen LogP contribution in [-0.2, 0) is 60.2 Å². The molecule has 1 saturated heterocycles. The number of nitrogens with two attached hydrogens (primary N) is 1. The summed E-state index contributed by atoms with van der Waals surface area (Å²) >= 11 is 0. The van der Waals surface area contributed by atoms with Crippen LogP contribution in [0.4, 0.5) is 0 Å². The molecule has 9 N–H and O–H groups in total. The van der Waals surface area contributed by atoms with Crippen molar-refractivity contribution in [1.29, 1.82) is 0 Å². The highest BCUT2D eigenvalue weighted by molar-refractivity contribution is 7.46. The predicted molar refractivity (Wildman–Crippen MR) is 222 cm³/mol. The summed E-state index contributed by atoms with van der Waals surface area (Å²) in [6.07, 6.45) is 3.68. The van der Waals surface area contributed by atoms with E-state index in [0.717, 1.165) is 26.2 Å². The van der Waals surface area contributed by atoms with Crippen LogP contribution in [0.25, 0.3) is 0 Å². The number of carbonyl (C=O) groups is 6. The normalized spacial score (nSPS) is 17.9. The molecule has 61 heavy (non-hydrogen) atoms. The Bertz CT molecular complexity index is 1780. The smallest absolute Gasteiger partial charge is 0.378 e. The number of unbranched alkanes of at least 4 members (excludes halogenated alkanes) is 1. The number of hydrogen-bond acceptors (Lipinski definition) is 11. The van der Waals surface area contributed by atoms with Crippen LogP contribution >= 0.6 is 7.82 Å². The minimum atomic E-state index is -5.06. The van der Waals surface area contributed by atoms with Crippen molar-refractivity contribution in [2.75, 3.05) is 19.8 Å². The molecule has 1 aromatic heterocycles. The van der Waals surface area contributed by atoms with Gasteiger partial charge in [0.15, 0.2) is 0 Å². The van der Waals surface area contributed by atoms with Crippen LogP contribution < -0.4 is 27.0 Å². The zero-order valence-corrected chi connectivity index (χ0v) is 36.6. The number of H-pyrrole nitrogens is 1. The van der Waals surface area contributed by atoms with Gasteiger partial charge in [-0.2, -0.15) is 0 Å². The summed E-state index contributed by atoms with van der Waals surface area (Å²) in [6, 6.07) is 3.69. The third-order valence-corrected chi connectivity index (χ3v) is 10.4. The Kier molecular flexibility index (Phi) is 20.5. The third kappa shape index (κ3) is 18.0. The average Bonchev–Trinajstić information content (AvgIpc) is 3.86. The Morgan fingerprint density at radius 3 is 2.21 bits per heavy atom. The van der Waals surface area contributed by atoms with E-state index in [2.05, 4.69) is 47.9 Å². The number of imidazole rings is 1. The van der Waals surface area contributed by atoms with Gasteiger partial charge in [-0.05, 0) is 64.9 Å². The number of phosphoric acid groups is 1. The van der Waals surface area contributed by atoms with Crippen LogP contribution in [-0.4, -0.2) is 128 Å². The Hall–Kier alpha value is -4.72. The second-order valence-corrected chi connectivity index (χ2v) is 17.0. The third-order valence-electron chi connectivity index (χ3n) is 9.79. The SMILES string of the molecule is CC(C)C[C@H](NC(=O)[C@@H]1C[C@@H](OCCCCc2ccccc2)CN1C(=O)CCOC(C)C)C(=O)N[C@@H](Cc1cnc[nH]1)C(=O)N[C@@H](C)C(=O)N[C@H](C(N)=O)[C@@H](C)OP(=O)(O)O. The first-order valence-electron chi connectivity index (χ1n) is 20.5. The molecule has 7 atom stereocenters. The van der Waals surface area contributed by atoms with E-state index in [1.807, 2.05) is 45.9 Å². The van der Waals surface area contributed by atoms with Gasteiger partial charge in [0, 0.05) is 37.9 Å². The number of amides is 6. The lowest BCUT2D eigenvalue weighted by Gasteiger charge is -2.28. The van der Waals surface area contributed by atoms with E-state index in [1.54, 1.807) is 0 Å². The van der Waals surface area contributed by atoms with Crippen molar-refractivity contribution in [3.05, 3.63) is 54.1 Å². The van der Waals surface area contributed by atoms with Crippen molar-refractivity contribution < 1.29 is 57.1 Å². The molecule has 0 unspecified atom stereocenters. The van der Waals surface area contributed by atoms with E-state index in [9.17, 15) is 33.3 Å². The summed E-state index contributed by atoms with van der Waals surface area (Å²) in [5.74, 6) is -4.58. The van der Waals surface area contributed by atoms with E-state index in [1.165, 1.54) is 29.9 Å². The van der Waals surface area contributed by atoms with E-state index in [0.29, 0.717) is 12.3 Å². The Balaban J connectivity index is 1.73. The van der Waals surface area contributed by atoms with Gasteiger partial charge < -0.3 is 56.1 Å². The number of aromatic amines is 1. The molecular formula is C40H63N8O12P. The van der Waals surface area contributed by atoms with Crippen LogP contribution in [0.5, 0.6) is 0 Å². The molecule has 0 aliphatic carbocycles. The highest BCUT2D eigenvalue weighted by Gasteiger charge is 2.41. The standard InChI is InChI=1S/C40H63N8O12P/c1-24(2)18-31(46-40(54)33-20-30(22-48(33)34(49)15-17-58-25(3)4)59-16-11-10-14-28-12-8-7-9-13-28)39(53)45-32(19-29-21-42-23-43-29)38(52)44-26(5)37(51)47-35(36(41)50)27(6)60-61(55,56)57/h7-9,12-13,21,23-27,30-33,35H,10-11,14-20,22H2,1-6H3,(H2,41,50)(H,42,43)(H,44,52)(H,45,53)(H,46,54)(H,47,51)(H2,55,56,57)/t26-,27+,30+,31-,32-,33-,35-/m0/s1. The first kappa shape index (κ1) is 50.6. The second kappa shape index (κ2) is 24.7. The van der Waals surface area contributed by atoms with Crippen LogP contribution in [0, 0.1) is 5.92 Å². The molecule has 0 bridgehead atoms. The number of hydrogen-bond donors (Lipinski definition) is 8. The van der Waals surface area contributed by atoms with Gasteiger partial charge in [-0.15, -0.1) is 0 Å². The molecule has 1 fully saturated rings. The van der Waals surface area contributed by atoms with Crippen molar-refractivity contribution in [3.8, 4) is 0 Å². The number of aromatic nitrogens is 2. The number of ether oxygens (including phenoxy) is 2.